The van der Waals surface area contributed by atoms with E-state index in [9.17, 15) is 0 Å². The van der Waals surface area contributed by atoms with Gasteiger partial charge in [0.25, 0.3) is 0 Å². The summed E-state index contributed by atoms with van der Waals surface area (Å²) in [5.41, 5.74) is 13.2. The van der Waals surface area contributed by atoms with Gasteiger partial charge < -0.3 is 10.2 Å². The molecule has 2 aromatic heterocycles. The number of allylic oxidation sites excluding steroid dienone is 15. The summed E-state index contributed by atoms with van der Waals surface area (Å²) >= 11 is 1.81. The molecule has 0 fully saturated rings. The Morgan fingerprint density at radius 1 is 0.727 bits per heavy atom. The quantitative estimate of drug-likeness (QED) is 0.112. The van der Waals surface area contributed by atoms with Crippen LogP contribution in [0, 0.1) is 0 Å². The zero-order valence-corrected chi connectivity index (χ0v) is 33.9. The number of thiophene rings is 1. The van der Waals surface area contributed by atoms with E-state index in [-0.39, 0.29) is 0 Å². The number of nitrogens with two attached hydrogens (primary N) is 1. The van der Waals surface area contributed by atoms with Crippen LogP contribution in [0.25, 0.3) is 53.3 Å². The molecule has 0 bridgehead atoms. The molecule has 280 valence electrons. The normalized spacial score (nSPS) is 12.4. The first-order chi connectivity index (χ1) is 26.9. The highest BCUT2D eigenvalue weighted by Crippen LogP contribution is 2.37. The van der Waals surface area contributed by atoms with Gasteiger partial charge in [0.15, 0.2) is 0 Å². The lowest BCUT2D eigenvalue weighted by Gasteiger charge is -2.04. The average Bonchev–Trinajstić information content (AvgIpc) is 3.80. The molecule has 0 saturated heterocycles. The Labute approximate surface area is 332 Å². The van der Waals surface area contributed by atoms with Crippen LogP contribution >= 0.6 is 11.3 Å². The van der Waals surface area contributed by atoms with E-state index < -0.39 is 0 Å². The van der Waals surface area contributed by atoms with Crippen LogP contribution in [0.5, 0.6) is 0 Å². The molecule has 0 spiro atoms. The molecule has 0 radical (unpaired) electrons. The van der Waals surface area contributed by atoms with Gasteiger partial charge in [-0.2, -0.15) is 0 Å². The Morgan fingerprint density at radius 2 is 1.42 bits per heavy atom. The molecule has 0 aliphatic carbocycles. The maximum atomic E-state index is 6.32. The summed E-state index contributed by atoms with van der Waals surface area (Å²) in [6.07, 6.45) is 28.6. The number of fused-ring (bicyclic) bond motifs is 6. The van der Waals surface area contributed by atoms with Crippen molar-refractivity contribution in [2.45, 2.75) is 41.5 Å². The highest BCUT2D eigenvalue weighted by molar-refractivity contribution is 7.25. The summed E-state index contributed by atoms with van der Waals surface area (Å²) in [4.78, 5) is 4.86. The van der Waals surface area contributed by atoms with Crippen LogP contribution in [-0.2, 0) is 0 Å². The lowest BCUT2D eigenvalue weighted by atomic mass is 10.0. The first-order valence-corrected chi connectivity index (χ1v) is 19.3. The van der Waals surface area contributed by atoms with Crippen molar-refractivity contribution in [1.29, 1.82) is 0 Å². The van der Waals surface area contributed by atoms with Gasteiger partial charge in [0.05, 0.1) is 0 Å². The molecule has 6 aromatic rings. The van der Waals surface area contributed by atoms with Gasteiger partial charge in [-0.25, -0.2) is 0 Å². The molecular weight excluding hydrogens is 689 g/mol. The molecule has 55 heavy (non-hydrogen) atoms. The fraction of sp³-hybridized carbons (Fsp3) is 0.118. The summed E-state index contributed by atoms with van der Waals surface area (Å²) in [6, 6.07) is 27.6. The van der Waals surface area contributed by atoms with Gasteiger partial charge in [-0.05, 0) is 69.3 Å². The number of hydrogen-bond acceptors (Lipinski definition) is 4. The van der Waals surface area contributed by atoms with Gasteiger partial charge in [-0.15, -0.1) is 11.3 Å². The predicted octanol–water partition coefficient (Wildman–Crippen LogP) is 15.5. The van der Waals surface area contributed by atoms with E-state index in [0.717, 1.165) is 38.6 Å². The van der Waals surface area contributed by atoms with Crippen molar-refractivity contribution in [3.05, 3.63) is 206 Å². The number of furan rings is 1. The van der Waals surface area contributed by atoms with Crippen LogP contribution in [0.2, 0.25) is 0 Å². The average molecular weight is 743 g/mol. The van der Waals surface area contributed by atoms with E-state index in [1.165, 1.54) is 43.1 Å². The minimum absolute atomic E-state index is 0.854. The summed E-state index contributed by atoms with van der Waals surface area (Å²) in [5.74, 6) is 0. The molecule has 4 aromatic carbocycles. The van der Waals surface area contributed by atoms with Gasteiger partial charge in [0.1, 0.15) is 11.2 Å². The molecule has 0 saturated carbocycles. The fourth-order valence-electron chi connectivity index (χ4n) is 5.52. The van der Waals surface area contributed by atoms with E-state index in [4.69, 9.17) is 15.1 Å². The molecule has 6 rings (SSSR count). The first-order valence-electron chi connectivity index (χ1n) is 18.5. The number of benzene rings is 4. The molecular formula is C51H54N2OS. The van der Waals surface area contributed by atoms with Crippen molar-refractivity contribution in [3.8, 4) is 0 Å². The highest BCUT2D eigenvalue weighted by atomic mass is 32.1. The van der Waals surface area contributed by atoms with Crippen molar-refractivity contribution in [2.24, 2.45) is 10.7 Å². The van der Waals surface area contributed by atoms with E-state index in [0.29, 0.717) is 0 Å². The largest absolute Gasteiger partial charge is 0.455 e. The zero-order valence-electron chi connectivity index (χ0n) is 33.1. The van der Waals surface area contributed by atoms with Crippen LogP contribution in [0.1, 0.15) is 58.2 Å². The van der Waals surface area contributed by atoms with Gasteiger partial charge in [0.2, 0.25) is 0 Å². The summed E-state index contributed by atoms with van der Waals surface area (Å²) in [5, 5.41) is 4.67. The third-order valence-electron chi connectivity index (χ3n) is 8.15. The molecule has 0 amide bonds. The van der Waals surface area contributed by atoms with E-state index in [2.05, 4.69) is 112 Å². The SMILES string of the molecule is C/C=C\N.C=C/C=C/C.C=C/C=C\C(=C/N=Cc1cccc2sc3ccc(/C(C)=C/C=C(C)/C=C/C=C)cc3c12)c1cccc2c1oc1ccccc12.CC. The molecule has 0 unspecified atom stereocenters. The van der Waals surface area contributed by atoms with E-state index in [1.54, 1.807) is 24.3 Å². The summed E-state index contributed by atoms with van der Waals surface area (Å²) in [6.45, 7) is 23.2. The third-order valence-corrected chi connectivity index (χ3v) is 9.29. The Morgan fingerprint density at radius 3 is 2.11 bits per heavy atom. The maximum absolute atomic E-state index is 6.32. The van der Waals surface area contributed by atoms with E-state index >= 15 is 0 Å². The molecule has 3 nitrogen and oxygen atoms in total. The monoisotopic (exact) mass is 742 g/mol. The van der Waals surface area contributed by atoms with Crippen molar-refractivity contribution < 1.29 is 4.42 Å². The second-order valence-electron chi connectivity index (χ2n) is 11.9. The second kappa shape index (κ2) is 23.4. The molecule has 2 heterocycles. The maximum Gasteiger partial charge on any atom is 0.143 e. The highest BCUT2D eigenvalue weighted by Gasteiger charge is 2.13. The summed E-state index contributed by atoms with van der Waals surface area (Å²) < 4.78 is 8.83. The molecule has 0 atom stereocenters. The minimum atomic E-state index is 0.854. The standard InChI is InChI=1S/C41H33NOS.C5H8.C3H7N.C2H6/c1-5-7-13-28(3)21-22-29(4)30-23-24-38-36(25-30)40-32(15-11-20-39(40)44-38)27-42-26-31(14-8-6-2)33-17-12-18-35-34-16-9-10-19-37(34)43-41(33)35;1-3-5-4-2;1-2-3-4;1-2/h5-27H,1-2H2,3-4H3;3-5H,1H2,2H3;2-3H,4H2,1H3;1-2H3/b13-7+,14-8-,28-21+,29-22+,31-26+,42-27?;5-4+;3-2-;. The third kappa shape index (κ3) is 11.9. The number of hydrogen-bond donors (Lipinski definition) is 1. The van der Waals surface area contributed by atoms with Gasteiger partial charge >= 0.3 is 0 Å². The topological polar surface area (TPSA) is 51.5 Å². The smallest absolute Gasteiger partial charge is 0.143 e. The lowest BCUT2D eigenvalue weighted by molar-refractivity contribution is 0.668. The van der Waals surface area contributed by atoms with Crippen LogP contribution in [0.4, 0.5) is 0 Å². The molecule has 2 N–H and O–H groups in total. The van der Waals surface area contributed by atoms with Crippen molar-refractivity contribution in [3.63, 3.8) is 0 Å². The Balaban J connectivity index is 0.000000657. The van der Waals surface area contributed by atoms with E-state index in [1.807, 2.05) is 100 Å². The predicted molar refractivity (Wildman–Crippen MR) is 250 cm³/mol. The van der Waals surface area contributed by atoms with Crippen LogP contribution in [-0.4, -0.2) is 6.21 Å². The molecule has 4 heteroatoms. The fourth-order valence-corrected chi connectivity index (χ4v) is 6.64. The lowest BCUT2D eigenvalue weighted by Crippen LogP contribution is -1.85. The van der Waals surface area contributed by atoms with Gasteiger partial charge in [-0.3, -0.25) is 4.99 Å². The number of para-hydroxylation sites is 2. The van der Waals surface area contributed by atoms with Crippen LogP contribution in [0.15, 0.2) is 199 Å². The van der Waals surface area contributed by atoms with Crippen LogP contribution in [0.3, 0.4) is 0 Å². The van der Waals surface area contributed by atoms with Crippen LogP contribution < -0.4 is 5.73 Å². The van der Waals surface area contributed by atoms with Gasteiger partial charge in [0, 0.05) is 60.1 Å². The van der Waals surface area contributed by atoms with Gasteiger partial charge in [-0.1, -0.05) is 167 Å². The Hall–Kier alpha value is -6.23. The van der Waals surface area contributed by atoms with Crippen molar-refractivity contribution in [2.75, 3.05) is 0 Å². The number of rotatable bonds is 10. The first kappa shape index (κ1) is 43.2. The molecule has 0 aliphatic heterocycles. The van der Waals surface area contributed by atoms with Crippen molar-refractivity contribution >= 4 is 70.8 Å². The Kier molecular flexibility index (Phi) is 18.4. The minimum Gasteiger partial charge on any atom is -0.455 e. The number of nitrogens with zero attached hydrogens (tertiary/aromatic N) is 1. The zero-order chi connectivity index (χ0) is 40.0. The molecule has 0 aliphatic rings. The van der Waals surface area contributed by atoms with Crippen molar-refractivity contribution in [1.82, 2.24) is 0 Å². The second-order valence-corrected chi connectivity index (χ2v) is 13.0. The number of aliphatic imine (C=N–C) groups is 1. The Bertz CT molecular complexity index is 2450. The summed E-state index contributed by atoms with van der Waals surface area (Å²) in [7, 11) is 0.